The first kappa shape index (κ1) is 12.9. The molecule has 0 spiro atoms. The van der Waals surface area contributed by atoms with Crippen molar-refractivity contribution in [2.45, 2.75) is 6.04 Å². The maximum atomic E-state index is 12.1. The van der Waals surface area contributed by atoms with Crippen molar-refractivity contribution < 1.29 is 4.79 Å². The summed E-state index contributed by atoms with van der Waals surface area (Å²) < 4.78 is 0. The van der Waals surface area contributed by atoms with Gasteiger partial charge in [-0.2, -0.15) is 10.5 Å². The van der Waals surface area contributed by atoms with E-state index >= 15 is 0 Å². The Morgan fingerprint density at radius 2 is 2.32 bits per heavy atom. The highest BCUT2D eigenvalue weighted by atomic mass is 16.2. The van der Waals surface area contributed by atoms with Crippen LogP contribution in [0.15, 0.2) is 24.3 Å². The molecule has 1 unspecified atom stereocenters. The van der Waals surface area contributed by atoms with E-state index in [-0.39, 0.29) is 6.03 Å². The lowest BCUT2D eigenvalue weighted by atomic mass is 10.2. The summed E-state index contributed by atoms with van der Waals surface area (Å²) >= 11 is 0. The van der Waals surface area contributed by atoms with E-state index in [2.05, 4.69) is 16.7 Å². The highest BCUT2D eigenvalue weighted by molar-refractivity contribution is 5.90. The number of piperazine rings is 1. The molecule has 1 saturated heterocycles. The molecule has 1 aromatic rings. The fourth-order valence-corrected chi connectivity index (χ4v) is 1.92. The maximum absolute atomic E-state index is 12.1. The van der Waals surface area contributed by atoms with Crippen LogP contribution in [0.3, 0.4) is 0 Å². The van der Waals surface area contributed by atoms with Gasteiger partial charge in [0, 0.05) is 25.3 Å². The van der Waals surface area contributed by atoms with E-state index in [1.54, 1.807) is 24.3 Å². The minimum absolute atomic E-state index is 0.317. The van der Waals surface area contributed by atoms with Gasteiger partial charge >= 0.3 is 6.03 Å². The van der Waals surface area contributed by atoms with Crippen LogP contribution in [0.1, 0.15) is 5.56 Å². The number of benzene rings is 1. The summed E-state index contributed by atoms with van der Waals surface area (Å²) in [5.41, 5.74) is 1.04. The van der Waals surface area contributed by atoms with Crippen LogP contribution in [-0.4, -0.2) is 36.6 Å². The molecule has 96 valence electrons. The molecule has 0 bridgehead atoms. The van der Waals surface area contributed by atoms with Crippen molar-refractivity contribution in [1.29, 1.82) is 10.5 Å². The van der Waals surface area contributed by atoms with Gasteiger partial charge in [-0.05, 0) is 18.2 Å². The van der Waals surface area contributed by atoms with Crippen LogP contribution in [0, 0.1) is 22.7 Å². The summed E-state index contributed by atoms with van der Waals surface area (Å²) in [6.07, 6.45) is 0. The lowest BCUT2D eigenvalue weighted by molar-refractivity contribution is 0.188. The average Bonchev–Trinajstić information content (AvgIpc) is 2.47. The van der Waals surface area contributed by atoms with E-state index in [1.807, 2.05) is 6.07 Å². The van der Waals surface area contributed by atoms with E-state index in [1.165, 1.54) is 4.90 Å². The first-order valence-electron chi connectivity index (χ1n) is 5.92. The molecular weight excluding hydrogens is 242 g/mol. The van der Waals surface area contributed by atoms with Crippen molar-refractivity contribution in [3.63, 3.8) is 0 Å². The number of hydrogen-bond donors (Lipinski definition) is 2. The van der Waals surface area contributed by atoms with Crippen LogP contribution < -0.4 is 10.6 Å². The molecule has 2 rings (SSSR count). The van der Waals surface area contributed by atoms with E-state index in [0.29, 0.717) is 30.9 Å². The largest absolute Gasteiger partial charge is 0.323 e. The van der Waals surface area contributed by atoms with Crippen LogP contribution in [0.5, 0.6) is 0 Å². The molecule has 1 aliphatic heterocycles. The number of anilines is 1. The van der Waals surface area contributed by atoms with Crippen LogP contribution >= 0.6 is 0 Å². The fraction of sp³-hybridized carbons (Fsp3) is 0.308. The minimum Gasteiger partial charge on any atom is -0.312 e. The van der Waals surface area contributed by atoms with Crippen molar-refractivity contribution in [2.24, 2.45) is 0 Å². The maximum Gasteiger partial charge on any atom is 0.323 e. The SMILES string of the molecule is N#Cc1cccc(NC(=O)N2CCNCC2C#N)c1. The highest BCUT2D eigenvalue weighted by Gasteiger charge is 2.26. The normalized spacial score (nSPS) is 18.2. The zero-order valence-corrected chi connectivity index (χ0v) is 10.3. The molecule has 1 atom stereocenters. The summed E-state index contributed by atoms with van der Waals surface area (Å²) in [6, 6.07) is 10.0. The molecule has 2 N–H and O–H groups in total. The average molecular weight is 255 g/mol. The summed E-state index contributed by atoms with van der Waals surface area (Å²) in [7, 11) is 0. The van der Waals surface area contributed by atoms with E-state index < -0.39 is 6.04 Å². The zero-order chi connectivity index (χ0) is 13.7. The molecular formula is C13H13N5O. The lowest BCUT2D eigenvalue weighted by Gasteiger charge is -2.31. The molecule has 0 aliphatic carbocycles. The van der Waals surface area contributed by atoms with E-state index in [4.69, 9.17) is 10.5 Å². The number of amides is 2. The second kappa shape index (κ2) is 5.85. The number of nitrogens with zero attached hydrogens (tertiary/aromatic N) is 3. The number of carbonyl (C=O) groups excluding carboxylic acids is 1. The van der Waals surface area contributed by atoms with Crippen molar-refractivity contribution in [2.75, 3.05) is 25.0 Å². The second-order valence-corrected chi connectivity index (χ2v) is 4.17. The predicted octanol–water partition coefficient (Wildman–Crippen LogP) is 0.888. The molecule has 0 saturated carbocycles. The van der Waals surface area contributed by atoms with Crippen LogP contribution in [0.2, 0.25) is 0 Å². The standard InChI is InChI=1S/C13H13N5O/c14-7-10-2-1-3-11(6-10)17-13(19)18-5-4-16-9-12(18)8-15/h1-3,6,12,16H,4-5,9H2,(H,17,19). The number of rotatable bonds is 1. The first-order chi connectivity index (χ1) is 9.24. The molecule has 1 aromatic carbocycles. The quantitative estimate of drug-likeness (QED) is 0.779. The summed E-state index contributed by atoms with van der Waals surface area (Å²) in [4.78, 5) is 13.6. The third-order valence-corrected chi connectivity index (χ3v) is 2.90. The summed E-state index contributed by atoms with van der Waals surface area (Å²) in [5, 5.41) is 23.6. The van der Waals surface area contributed by atoms with Gasteiger partial charge in [0.2, 0.25) is 0 Å². The van der Waals surface area contributed by atoms with Gasteiger partial charge in [0.25, 0.3) is 0 Å². The Kier molecular flexibility index (Phi) is 3.97. The Morgan fingerprint density at radius 3 is 3.05 bits per heavy atom. The molecule has 0 radical (unpaired) electrons. The van der Waals surface area contributed by atoms with E-state index in [9.17, 15) is 4.79 Å². The lowest BCUT2D eigenvalue weighted by Crippen LogP contribution is -2.54. The summed E-state index contributed by atoms with van der Waals surface area (Å²) in [6.45, 7) is 1.63. The number of nitrogens with one attached hydrogen (secondary N) is 2. The molecule has 0 aromatic heterocycles. The minimum atomic E-state index is -0.465. The van der Waals surface area contributed by atoms with Gasteiger partial charge in [0.1, 0.15) is 6.04 Å². The number of carbonyl (C=O) groups is 1. The molecule has 1 fully saturated rings. The monoisotopic (exact) mass is 255 g/mol. The Labute approximate surface area is 111 Å². The first-order valence-corrected chi connectivity index (χ1v) is 5.92. The van der Waals surface area contributed by atoms with Crippen molar-refractivity contribution in [3.8, 4) is 12.1 Å². The molecule has 2 amide bonds. The van der Waals surface area contributed by atoms with E-state index in [0.717, 1.165) is 0 Å². The molecule has 6 heteroatoms. The van der Waals surface area contributed by atoms with Crippen molar-refractivity contribution in [1.82, 2.24) is 10.2 Å². The van der Waals surface area contributed by atoms with Crippen LogP contribution in [0.4, 0.5) is 10.5 Å². The smallest absolute Gasteiger partial charge is 0.312 e. The van der Waals surface area contributed by atoms with Crippen molar-refractivity contribution in [3.05, 3.63) is 29.8 Å². The fourth-order valence-electron chi connectivity index (χ4n) is 1.92. The third-order valence-electron chi connectivity index (χ3n) is 2.90. The van der Waals surface area contributed by atoms with Gasteiger partial charge in [-0.15, -0.1) is 0 Å². The molecule has 1 aliphatic rings. The zero-order valence-electron chi connectivity index (χ0n) is 10.3. The van der Waals surface area contributed by atoms with Gasteiger partial charge in [0.15, 0.2) is 0 Å². The summed E-state index contributed by atoms with van der Waals surface area (Å²) in [5.74, 6) is 0. The van der Waals surface area contributed by atoms with Crippen LogP contribution in [-0.2, 0) is 0 Å². The highest BCUT2D eigenvalue weighted by Crippen LogP contribution is 2.12. The van der Waals surface area contributed by atoms with Crippen molar-refractivity contribution >= 4 is 11.7 Å². The van der Waals surface area contributed by atoms with Gasteiger partial charge in [-0.3, -0.25) is 0 Å². The Hall–Kier alpha value is -2.57. The number of hydrogen-bond acceptors (Lipinski definition) is 4. The topological polar surface area (TPSA) is 91.9 Å². The molecule has 19 heavy (non-hydrogen) atoms. The van der Waals surface area contributed by atoms with Gasteiger partial charge in [-0.1, -0.05) is 6.07 Å². The predicted molar refractivity (Wildman–Crippen MR) is 69.2 cm³/mol. The van der Waals surface area contributed by atoms with Gasteiger partial charge in [0.05, 0.1) is 17.7 Å². The Bertz CT molecular complexity index is 557. The second-order valence-electron chi connectivity index (χ2n) is 4.17. The molecule has 1 heterocycles. The van der Waals surface area contributed by atoms with Crippen LogP contribution in [0.25, 0.3) is 0 Å². The number of urea groups is 1. The Morgan fingerprint density at radius 1 is 1.47 bits per heavy atom. The van der Waals surface area contributed by atoms with Gasteiger partial charge in [-0.25, -0.2) is 4.79 Å². The Balaban J connectivity index is 2.08. The van der Waals surface area contributed by atoms with Gasteiger partial charge < -0.3 is 15.5 Å². The number of nitriles is 2. The molecule has 6 nitrogen and oxygen atoms in total. The third kappa shape index (κ3) is 3.01.